The first-order valence-electron chi connectivity index (χ1n) is 8.05. The first-order valence-corrected chi connectivity index (χ1v) is 8.05. The smallest absolute Gasteiger partial charge is 0.267 e. The average Bonchev–Trinajstić information content (AvgIpc) is 2.62. The zero-order chi connectivity index (χ0) is 16.2. The molecule has 5 nitrogen and oxygen atoms in total. The molecule has 1 aliphatic rings. The number of hydrogen-bond acceptors (Lipinski definition) is 4. The summed E-state index contributed by atoms with van der Waals surface area (Å²) >= 11 is 0. The molecule has 0 N–H and O–H groups in total. The van der Waals surface area contributed by atoms with Gasteiger partial charge in [-0.25, -0.2) is 4.68 Å². The Kier molecular flexibility index (Phi) is 4.65. The van der Waals surface area contributed by atoms with Crippen molar-refractivity contribution in [3.05, 3.63) is 40.7 Å². The molecule has 0 unspecified atom stereocenters. The van der Waals surface area contributed by atoms with Crippen molar-refractivity contribution in [2.45, 2.75) is 38.1 Å². The van der Waals surface area contributed by atoms with Gasteiger partial charge in [-0.1, -0.05) is 19.3 Å². The van der Waals surface area contributed by atoms with Crippen molar-refractivity contribution < 1.29 is 9.47 Å². The Hall–Kier alpha value is -2.30. The van der Waals surface area contributed by atoms with Gasteiger partial charge in [-0.3, -0.25) is 4.79 Å². The molecule has 5 heteroatoms. The van der Waals surface area contributed by atoms with Crippen LogP contribution in [0.25, 0.3) is 11.3 Å². The normalized spacial score (nSPS) is 15.4. The van der Waals surface area contributed by atoms with Crippen LogP contribution in [0.2, 0.25) is 0 Å². The van der Waals surface area contributed by atoms with Crippen LogP contribution in [0.3, 0.4) is 0 Å². The number of benzene rings is 1. The fraction of sp³-hybridized carbons (Fsp3) is 0.444. The SMILES string of the molecule is COc1ccc(-c2ccc(=O)n(C3CCCCC3)n2)cc1OC. The van der Waals surface area contributed by atoms with Crippen LogP contribution in [0.4, 0.5) is 0 Å². The van der Waals surface area contributed by atoms with Crippen LogP contribution < -0.4 is 15.0 Å². The molecule has 1 fully saturated rings. The van der Waals surface area contributed by atoms with E-state index in [0.717, 1.165) is 24.1 Å². The fourth-order valence-corrected chi connectivity index (χ4v) is 3.16. The van der Waals surface area contributed by atoms with Gasteiger partial charge < -0.3 is 9.47 Å². The zero-order valence-corrected chi connectivity index (χ0v) is 13.6. The quantitative estimate of drug-likeness (QED) is 0.867. The first kappa shape index (κ1) is 15.6. The zero-order valence-electron chi connectivity index (χ0n) is 13.6. The van der Waals surface area contributed by atoms with Gasteiger partial charge in [0, 0.05) is 11.6 Å². The minimum absolute atomic E-state index is 0.0267. The Morgan fingerprint density at radius 3 is 2.43 bits per heavy atom. The molecule has 1 aliphatic carbocycles. The molecule has 0 spiro atoms. The van der Waals surface area contributed by atoms with Crippen molar-refractivity contribution in [3.63, 3.8) is 0 Å². The molecule has 1 heterocycles. The van der Waals surface area contributed by atoms with E-state index >= 15 is 0 Å². The third-order valence-electron chi connectivity index (χ3n) is 4.42. The molecule has 0 aliphatic heterocycles. The largest absolute Gasteiger partial charge is 0.493 e. The Bertz CT molecular complexity index is 733. The lowest BCUT2D eigenvalue weighted by atomic mass is 9.95. The van der Waals surface area contributed by atoms with E-state index in [0.29, 0.717) is 11.5 Å². The Balaban J connectivity index is 1.98. The summed E-state index contributed by atoms with van der Waals surface area (Å²) < 4.78 is 12.3. The molecule has 0 radical (unpaired) electrons. The summed E-state index contributed by atoms with van der Waals surface area (Å²) in [6.07, 6.45) is 5.64. The second-order valence-electron chi connectivity index (χ2n) is 5.86. The lowest BCUT2D eigenvalue weighted by Crippen LogP contribution is -2.28. The summed E-state index contributed by atoms with van der Waals surface area (Å²) in [5, 5.41) is 4.60. The number of hydrogen-bond donors (Lipinski definition) is 0. The van der Waals surface area contributed by atoms with Crippen LogP contribution in [0.5, 0.6) is 11.5 Å². The van der Waals surface area contributed by atoms with E-state index < -0.39 is 0 Å². The van der Waals surface area contributed by atoms with E-state index in [1.54, 1.807) is 31.0 Å². The number of rotatable bonds is 4. The highest BCUT2D eigenvalue weighted by Crippen LogP contribution is 2.32. The number of nitrogens with zero attached hydrogens (tertiary/aromatic N) is 2. The van der Waals surface area contributed by atoms with E-state index in [1.807, 2.05) is 18.2 Å². The van der Waals surface area contributed by atoms with E-state index in [2.05, 4.69) is 5.10 Å². The van der Waals surface area contributed by atoms with Gasteiger partial charge in [-0.05, 0) is 37.1 Å². The summed E-state index contributed by atoms with van der Waals surface area (Å²) in [6, 6.07) is 9.26. The van der Waals surface area contributed by atoms with Gasteiger partial charge >= 0.3 is 0 Å². The Labute approximate surface area is 135 Å². The average molecular weight is 314 g/mol. The van der Waals surface area contributed by atoms with Crippen molar-refractivity contribution in [3.8, 4) is 22.8 Å². The molecule has 0 atom stereocenters. The predicted molar refractivity (Wildman–Crippen MR) is 89.2 cm³/mol. The number of aromatic nitrogens is 2. The summed E-state index contributed by atoms with van der Waals surface area (Å²) in [5.41, 5.74) is 1.66. The molecule has 1 aromatic heterocycles. The van der Waals surface area contributed by atoms with Crippen LogP contribution in [0.1, 0.15) is 38.1 Å². The third-order valence-corrected chi connectivity index (χ3v) is 4.42. The molecule has 0 bridgehead atoms. The summed E-state index contributed by atoms with van der Waals surface area (Å²) in [6.45, 7) is 0. The molecule has 3 rings (SSSR count). The monoisotopic (exact) mass is 314 g/mol. The molecule has 0 amide bonds. The highest BCUT2D eigenvalue weighted by Gasteiger charge is 2.18. The van der Waals surface area contributed by atoms with Gasteiger partial charge in [0.25, 0.3) is 5.56 Å². The second-order valence-corrected chi connectivity index (χ2v) is 5.86. The number of ether oxygens (including phenoxy) is 2. The highest BCUT2D eigenvalue weighted by molar-refractivity contribution is 5.63. The number of methoxy groups -OCH3 is 2. The molecule has 122 valence electrons. The maximum absolute atomic E-state index is 12.2. The maximum Gasteiger partial charge on any atom is 0.267 e. The van der Waals surface area contributed by atoms with Gasteiger partial charge in [0.15, 0.2) is 11.5 Å². The van der Waals surface area contributed by atoms with Gasteiger partial charge in [0.05, 0.1) is 26.0 Å². The van der Waals surface area contributed by atoms with Crippen LogP contribution in [0.15, 0.2) is 35.1 Å². The summed E-state index contributed by atoms with van der Waals surface area (Å²) in [5.74, 6) is 1.33. The van der Waals surface area contributed by atoms with Gasteiger partial charge in [-0.15, -0.1) is 0 Å². The van der Waals surface area contributed by atoms with Crippen molar-refractivity contribution in [1.29, 1.82) is 0 Å². The van der Waals surface area contributed by atoms with Crippen molar-refractivity contribution >= 4 is 0 Å². The Morgan fingerprint density at radius 1 is 1.00 bits per heavy atom. The third kappa shape index (κ3) is 3.23. The topological polar surface area (TPSA) is 53.4 Å². The van der Waals surface area contributed by atoms with Gasteiger partial charge in [-0.2, -0.15) is 5.10 Å². The molecule has 0 saturated heterocycles. The molecule has 23 heavy (non-hydrogen) atoms. The minimum atomic E-state index is -0.0267. The molecule has 1 aromatic carbocycles. The Morgan fingerprint density at radius 2 is 1.74 bits per heavy atom. The van der Waals surface area contributed by atoms with Gasteiger partial charge in [0.2, 0.25) is 0 Å². The van der Waals surface area contributed by atoms with Crippen LogP contribution in [-0.2, 0) is 0 Å². The highest BCUT2D eigenvalue weighted by atomic mass is 16.5. The van der Waals surface area contributed by atoms with E-state index in [9.17, 15) is 4.79 Å². The van der Waals surface area contributed by atoms with Crippen LogP contribution in [0, 0.1) is 0 Å². The van der Waals surface area contributed by atoms with Crippen molar-refractivity contribution in [2.75, 3.05) is 14.2 Å². The van der Waals surface area contributed by atoms with E-state index in [4.69, 9.17) is 9.47 Å². The summed E-state index contributed by atoms with van der Waals surface area (Å²) in [4.78, 5) is 12.2. The van der Waals surface area contributed by atoms with Crippen LogP contribution >= 0.6 is 0 Å². The van der Waals surface area contributed by atoms with E-state index in [-0.39, 0.29) is 11.6 Å². The van der Waals surface area contributed by atoms with Crippen LogP contribution in [-0.4, -0.2) is 24.0 Å². The molecule has 1 saturated carbocycles. The second kappa shape index (κ2) is 6.86. The standard InChI is InChI=1S/C18H22N2O3/c1-22-16-10-8-13(12-17(16)23-2)15-9-11-18(21)20(19-15)14-6-4-3-5-7-14/h8-12,14H,3-7H2,1-2H3. The molecular formula is C18H22N2O3. The van der Waals surface area contributed by atoms with Gasteiger partial charge in [0.1, 0.15) is 0 Å². The predicted octanol–water partition coefficient (Wildman–Crippen LogP) is 3.43. The van der Waals surface area contributed by atoms with Crippen molar-refractivity contribution in [2.24, 2.45) is 0 Å². The minimum Gasteiger partial charge on any atom is -0.493 e. The lowest BCUT2D eigenvalue weighted by Gasteiger charge is -2.23. The fourth-order valence-electron chi connectivity index (χ4n) is 3.16. The maximum atomic E-state index is 12.2. The lowest BCUT2D eigenvalue weighted by molar-refractivity contribution is 0.319. The molecular weight excluding hydrogens is 292 g/mol. The molecule has 2 aromatic rings. The van der Waals surface area contributed by atoms with E-state index in [1.165, 1.54) is 19.3 Å². The van der Waals surface area contributed by atoms with Crippen molar-refractivity contribution in [1.82, 2.24) is 9.78 Å². The first-order chi connectivity index (χ1) is 11.2. The summed E-state index contributed by atoms with van der Waals surface area (Å²) in [7, 11) is 3.22.